The molecule has 2 aromatic rings. The van der Waals surface area contributed by atoms with Crippen LogP contribution in [0.1, 0.15) is 28.8 Å². The van der Waals surface area contributed by atoms with Crippen molar-refractivity contribution < 1.29 is 26.4 Å². The number of fused-ring (bicyclic) bond motifs is 1. The lowest BCUT2D eigenvalue weighted by atomic mass is 10.2. The highest BCUT2D eigenvalue weighted by atomic mass is 32.2. The van der Waals surface area contributed by atoms with E-state index < -0.39 is 39.2 Å². The third kappa shape index (κ3) is 5.47. The van der Waals surface area contributed by atoms with Crippen LogP contribution in [0, 0.1) is 0 Å². The van der Waals surface area contributed by atoms with Crippen molar-refractivity contribution in [3.8, 4) is 0 Å². The van der Waals surface area contributed by atoms with Crippen molar-refractivity contribution in [2.45, 2.75) is 28.8 Å². The topological polar surface area (TPSA) is 102 Å². The van der Waals surface area contributed by atoms with E-state index in [1.165, 1.54) is 12.1 Å². The van der Waals surface area contributed by atoms with Crippen molar-refractivity contribution in [1.82, 2.24) is 4.91 Å². The van der Waals surface area contributed by atoms with E-state index in [-0.39, 0.29) is 22.6 Å². The Morgan fingerprint density at radius 2 is 1.91 bits per heavy atom. The van der Waals surface area contributed by atoms with Crippen molar-refractivity contribution in [1.29, 1.82) is 0 Å². The molecule has 0 bridgehead atoms. The van der Waals surface area contributed by atoms with Crippen LogP contribution in [0.5, 0.6) is 0 Å². The van der Waals surface area contributed by atoms with Crippen LogP contribution >= 0.6 is 10.9 Å². The number of hydrogen-bond acceptors (Lipinski definition) is 5. The monoisotopic (exact) mass is 495 g/mol. The minimum Gasteiger partial charge on any atom is -0.284 e. The number of hydrogen-bond donors (Lipinski definition) is 1. The van der Waals surface area contributed by atoms with Gasteiger partial charge in [0.25, 0.3) is 0 Å². The zero-order valence-corrected chi connectivity index (χ0v) is 18.7. The minimum absolute atomic E-state index is 0.105. The molecule has 0 aliphatic carbocycles. The SMILES string of the molecule is O=C(N=[N+]=Nc1ccc2c(c1)S(=O)(=O)C=C2)c1ccc([SH]2CCN=C2CCC(F)(F)F)cc1. The highest BCUT2D eigenvalue weighted by molar-refractivity contribution is 8.30. The summed E-state index contributed by atoms with van der Waals surface area (Å²) in [4.78, 5) is 21.0. The lowest BCUT2D eigenvalue weighted by Gasteiger charge is -2.18. The van der Waals surface area contributed by atoms with E-state index in [1.807, 2.05) is 0 Å². The molecule has 2 aliphatic rings. The van der Waals surface area contributed by atoms with Gasteiger partial charge in [-0.1, -0.05) is 6.07 Å². The van der Waals surface area contributed by atoms with Gasteiger partial charge in [-0.2, -0.15) is 24.1 Å². The fraction of sp³-hybridized carbons (Fsp3) is 0.238. The quantitative estimate of drug-likeness (QED) is 0.359. The van der Waals surface area contributed by atoms with Gasteiger partial charge in [0.2, 0.25) is 19.9 Å². The maximum absolute atomic E-state index is 12.5. The number of amides is 1. The zero-order chi connectivity index (χ0) is 23.6. The Labute approximate surface area is 190 Å². The summed E-state index contributed by atoms with van der Waals surface area (Å²) in [5.41, 5.74) is 1.04. The van der Waals surface area contributed by atoms with Gasteiger partial charge >= 0.3 is 12.1 Å². The Morgan fingerprint density at radius 3 is 2.64 bits per heavy atom. The number of aliphatic imine (C=N–C) groups is 1. The van der Waals surface area contributed by atoms with Crippen molar-refractivity contribution in [2.24, 2.45) is 15.2 Å². The fourth-order valence-corrected chi connectivity index (χ4v) is 6.90. The molecule has 172 valence electrons. The van der Waals surface area contributed by atoms with Crippen LogP contribution in [0.25, 0.3) is 6.08 Å². The third-order valence-corrected chi connectivity index (χ3v) is 9.03. The van der Waals surface area contributed by atoms with Gasteiger partial charge in [0.15, 0.2) is 10.8 Å². The van der Waals surface area contributed by atoms with Gasteiger partial charge in [-0.3, -0.25) is 9.79 Å². The van der Waals surface area contributed by atoms with Gasteiger partial charge in [-0.15, -0.1) is 0 Å². The van der Waals surface area contributed by atoms with Gasteiger partial charge in [-0.05, 0) is 52.9 Å². The van der Waals surface area contributed by atoms with Crippen LogP contribution < -0.4 is 4.91 Å². The van der Waals surface area contributed by atoms with Crippen LogP contribution in [0.3, 0.4) is 0 Å². The molecule has 7 nitrogen and oxygen atoms in total. The first kappa shape index (κ1) is 23.1. The van der Waals surface area contributed by atoms with E-state index in [1.54, 1.807) is 36.4 Å². The van der Waals surface area contributed by atoms with Gasteiger partial charge in [-0.25, -0.2) is 8.42 Å². The number of carbonyl (C=O) groups is 1. The van der Waals surface area contributed by atoms with Gasteiger partial charge in [0.05, 0.1) is 9.94 Å². The second-order valence-corrected chi connectivity index (χ2v) is 11.4. The molecule has 1 unspecified atom stereocenters. The summed E-state index contributed by atoms with van der Waals surface area (Å²) in [6.45, 7) is 0.509. The molecule has 0 aromatic heterocycles. The molecule has 4 rings (SSSR count). The number of nitrogens with zero attached hydrogens (tertiary/aromatic N) is 4. The Hall–Kier alpha value is -3.08. The summed E-state index contributed by atoms with van der Waals surface area (Å²) in [6.07, 6.45) is -3.73. The Bertz CT molecular complexity index is 1330. The molecule has 1 amide bonds. The number of rotatable bonds is 5. The number of halogens is 3. The Kier molecular flexibility index (Phi) is 6.33. The van der Waals surface area contributed by atoms with Crippen LogP contribution in [0.15, 0.2) is 72.9 Å². The molecule has 0 saturated carbocycles. The Balaban J connectivity index is 1.43. The molecule has 0 saturated heterocycles. The molecule has 2 aromatic carbocycles. The number of benzene rings is 2. The summed E-state index contributed by atoms with van der Waals surface area (Å²) in [6, 6.07) is 11.0. The standard InChI is InChI=1S/C21H18F3N4O3S2/c22-21(23,24)9-7-19-25-10-11-32(19)17-5-2-15(3-6-17)20(29)27-28-26-16-4-1-14-8-12-33(30,31)18(14)13-16/h1-6,8,12-13,32H,7,9-11H2/q+1. The second-order valence-electron chi connectivity index (χ2n) is 7.28. The highest BCUT2D eigenvalue weighted by Gasteiger charge is 2.30. The van der Waals surface area contributed by atoms with Gasteiger partial charge < -0.3 is 0 Å². The van der Waals surface area contributed by atoms with Gasteiger partial charge in [0, 0.05) is 36.1 Å². The molecule has 2 aliphatic heterocycles. The number of carbonyl (C=O) groups excluding carboxylic acids is 1. The van der Waals surface area contributed by atoms with E-state index >= 15 is 0 Å². The molecule has 12 heteroatoms. The van der Waals surface area contributed by atoms with Crippen LogP contribution in [-0.4, -0.2) is 37.8 Å². The molecule has 0 spiro atoms. The first-order valence-electron chi connectivity index (χ1n) is 9.83. The fourth-order valence-electron chi connectivity index (χ4n) is 3.40. The molecule has 1 atom stereocenters. The Morgan fingerprint density at radius 1 is 1.15 bits per heavy atom. The normalized spacial score (nSPS) is 19.5. The average Bonchev–Trinajstić information content (AvgIpc) is 3.36. The number of thiol groups is 1. The van der Waals surface area contributed by atoms with Crippen LogP contribution in [0.4, 0.5) is 18.9 Å². The predicted octanol–water partition coefficient (Wildman–Crippen LogP) is 5.00. The molecule has 0 fully saturated rings. The molecule has 33 heavy (non-hydrogen) atoms. The summed E-state index contributed by atoms with van der Waals surface area (Å²) in [5.74, 6) is 0.0476. The highest BCUT2D eigenvalue weighted by Crippen LogP contribution is 2.43. The van der Waals surface area contributed by atoms with E-state index in [0.29, 0.717) is 22.9 Å². The lowest BCUT2D eigenvalue weighted by molar-refractivity contribution is -0.132. The van der Waals surface area contributed by atoms with Crippen molar-refractivity contribution in [3.63, 3.8) is 0 Å². The largest absolute Gasteiger partial charge is 0.389 e. The smallest absolute Gasteiger partial charge is 0.284 e. The van der Waals surface area contributed by atoms with Crippen molar-refractivity contribution in [3.05, 3.63) is 59.0 Å². The average molecular weight is 496 g/mol. The van der Waals surface area contributed by atoms with E-state index in [4.69, 9.17) is 0 Å². The number of alkyl halides is 3. The minimum atomic E-state index is -4.22. The third-order valence-electron chi connectivity index (χ3n) is 5.01. The molecule has 2 heterocycles. The van der Waals surface area contributed by atoms with E-state index in [2.05, 4.69) is 20.1 Å². The van der Waals surface area contributed by atoms with Crippen LogP contribution in [-0.2, 0) is 9.84 Å². The number of sulfone groups is 1. The maximum Gasteiger partial charge on any atom is 0.389 e. The second kappa shape index (κ2) is 9.05. The summed E-state index contributed by atoms with van der Waals surface area (Å²) < 4.78 is 61.4. The predicted molar refractivity (Wildman–Crippen MR) is 120 cm³/mol. The molecular formula is C21H18F3N4O3S2+. The van der Waals surface area contributed by atoms with Crippen molar-refractivity contribution >= 4 is 43.4 Å². The van der Waals surface area contributed by atoms with E-state index in [0.717, 1.165) is 10.3 Å². The molecular weight excluding hydrogens is 477 g/mol. The lowest BCUT2D eigenvalue weighted by Crippen LogP contribution is -2.10. The van der Waals surface area contributed by atoms with Gasteiger partial charge in [0.1, 0.15) is 0 Å². The zero-order valence-electron chi connectivity index (χ0n) is 17.0. The van der Waals surface area contributed by atoms with E-state index in [9.17, 15) is 26.4 Å². The summed E-state index contributed by atoms with van der Waals surface area (Å²) >= 11 is 0. The first-order chi connectivity index (χ1) is 15.6. The summed E-state index contributed by atoms with van der Waals surface area (Å²) in [5, 5.41) is 9.01. The van der Waals surface area contributed by atoms with Crippen LogP contribution in [0.2, 0.25) is 0 Å². The summed E-state index contributed by atoms with van der Waals surface area (Å²) in [7, 11) is -4.41. The molecule has 0 N–H and O–H groups in total. The maximum atomic E-state index is 12.5. The molecule has 0 radical (unpaired) electrons. The van der Waals surface area contributed by atoms with Crippen molar-refractivity contribution in [2.75, 3.05) is 12.3 Å². The first-order valence-corrected chi connectivity index (χ1v) is 12.9.